The van der Waals surface area contributed by atoms with Gasteiger partial charge >= 0.3 is 0 Å². The molecule has 0 unspecified atom stereocenters. The maximum Gasteiger partial charge on any atom is 0.139 e. The lowest BCUT2D eigenvalue weighted by atomic mass is 10.0. The predicted molar refractivity (Wildman–Crippen MR) is 80.3 cm³/mol. The first kappa shape index (κ1) is 13.7. The van der Waals surface area contributed by atoms with Gasteiger partial charge in [-0.1, -0.05) is 12.6 Å². The number of phenolic OH excluding ortho intramolecular Hbond substituents is 1. The molecular formula is C15H23N3O. The minimum atomic E-state index is 0.256. The molecule has 1 saturated heterocycles. The van der Waals surface area contributed by atoms with Gasteiger partial charge in [-0.25, -0.2) is 0 Å². The lowest BCUT2D eigenvalue weighted by Crippen LogP contribution is -2.39. The molecule has 0 amide bonds. The van der Waals surface area contributed by atoms with E-state index in [1.165, 1.54) is 0 Å². The summed E-state index contributed by atoms with van der Waals surface area (Å²) in [6.45, 7) is 6.32. The minimum absolute atomic E-state index is 0.256. The molecule has 1 aliphatic heterocycles. The van der Waals surface area contributed by atoms with E-state index in [0.29, 0.717) is 6.04 Å². The van der Waals surface area contributed by atoms with Crippen molar-refractivity contribution in [3.8, 4) is 5.75 Å². The van der Waals surface area contributed by atoms with Crippen molar-refractivity contribution in [2.45, 2.75) is 18.9 Å². The number of benzene rings is 1. The molecule has 4 heteroatoms. The minimum Gasteiger partial charge on any atom is -0.506 e. The first-order chi connectivity index (χ1) is 9.10. The van der Waals surface area contributed by atoms with Gasteiger partial charge in [-0.3, -0.25) is 0 Å². The second kappa shape index (κ2) is 5.97. The molecular weight excluding hydrogens is 238 g/mol. The van der Waals surface area contributed by atoms with E-state index in [4.69, 9.17) is 0 Å². The highest BCUT2D eigenvalue weighted by Crippen LogP contribution is 2.26. The molecule has 104 valence electrons. The quantitative estimate of drug-likeness (QED) is 0.726. The van der Waals surface area contributed by atoms with Gasteiger partial charge in [0.15, 0.2) is 0 Å². The van der Waals surface area contributed by atoms with Crippen molar-refractivity contribution in [1.29, 1.82) is 0 Å². The third-order valence-corrected chi connectivity index (χ3v) is 3.71. The van der Waals surface area contributed by atoms with E-state index in [0.717, 1.165) is 42.9 Å². The number of piperidine rings is 1. The van der Waals surface area contributed by atoms with E-state index in [1.807, 2.05) is 12.1 Å². The molecule has 1 aliphatic rings. The molecule has 1 aromatic rings. The summed E-state index contributed by atoms with van der Waals surface area (Å²) >= 11 is 0. The van der Waals surface area contributed by atoms with Gasteiger partial charge in [-0.15, -0.1) is 0 Å². The standard InChI is InChI=1S/C15H23N3O/c1-11(17-13-6-8-18(3)9-7-13)12-4-5-14(16-2)15(19)10-12/h4-5,10,13,16-17,19H,1,6-9H2,2-3H3. The Kier molecular flexibility index (Phi) is 4.32. The van der Waals surface area contributed by atoms with Crippen LogP contribution in [0.15, 0.2) is 24.8 Å². The monoisotopic (exact) mass is 261 g/mol. The van der Waals surface area contributed by atoms with Crippen LogP contribution in [0.3, 0.4) is 0 Å². The van der Waals surface area contributed by atoms with Crippen LogP contribution in [0.2, 0.25) is 0 Å². The fraction of sp³-hybridized carbons (Fsp3) is 0.467. The Morgan fingerprint density at radius 1 is 1.37 bits per heavy atom. The molecule has 4 nitrogen and oxygen atoms in total. The number of hydrogen-bond acceptors (Lipinski definition) is 4. The molecule has 0 bridgehead atoms. The highest BCUT2D eigenvalue weighted by atomic mass is 16.3. The summed E-state index contributed by atoms with van der Waals surface area (Å²) in [5.74, 6) is 0.256. The van der Waals surface area contributed by atoms with Gasteiger partial charge in [0.05, 0.1) is 5.69 Å². The fourth-order valence-corrected chi connectivity index (χ4v) is 2.41. The first-order valence-corrected chi connectivity index (χ1v) is 6.75. The molecule has 0 atom stereocenters. The summed E-state index contributed by atoms with van der Waals surface area (Å²) in [7, 11) is 3.94. The Bertz CT molecular complexity index is 451. The number of aromatic hydroxyl groups is 1. The molecule has 0 aromatic heterocycles. The van der Waals surface area contributed by atoms with Crippen molar-refractivity contribution in [3.05, 3.63) is 30.3 Å². The Labute approximate surface area is 115 Å². The van der Waals surface area contributed by atoms with Gasteiger partial charge in [0.1, 0.15) is 5.75 Å². The van der Waals surface area contributed by atoms with E-state index in [9.17, 15) is 5.11 Å². The van der Waals surface area contributed by atoms with Gasteiger partial charge in [0, 0.05) is 24.4 Å². The highest BCUT2D eigenvalue weighted by Gasteiger charge is 2.17. The molecule has 1 aromatic carbocycles. The summed E-state index contributed by atoms with van der Waals surface area (Å²) < 4.78 is 0. The number of phenols is 1. The van der Waals surface area contributed by atoms with E-state index < -0.39 is 0 Å². The smallest absolute Gasteiger partial charge is 0.139 e. The van der Waals surface area contributed by atoms with Crippen molar-refractivity contribution >= 4 is 11.4 Å². The average molecular weight is 261 g/mol. The van der Waals surface area contributed by atoms with Crippen LogP contribution >= 0.6 is 0 Å². The molecule has 3 N–H and O–H groups in total. The third kappa shape index (κ3) is 3.41. The number of anilines is 1. The van der Waals surface area contributed by atoms with Crippen molar-refractivity contribution in [3.63, 3.8) is 0 Å². The van der Waals surface area contributed by atoms with Crippen molar-refractivity contribution in [2.24, 2.45) is 0 Å². The van der Waals surface area contributed by atoms with Gasteiger partial charge in [-0.05, 0) is 45.1 Å². The van der Waals surface area contributed by atoms with E-state index in [2.05, 4.69) is 29.2 Å². The molecule has 0 aliphatic carbocycles. The van der Waals surface area contributed by atoms with Crippen molar-refractivity contribution in [1.82, 2.24) is 10.2 Å². The normalized spacial score (nSPS) is 17.2. The number of likely N-dealkylation sites (tertiary alicyclic amines) is 1. The predicted octanol–water partition coefficient (Wildman–Crippen LogP) is 2.09. The summed E-state index contributed by atoms with van der Waals surface area (Å²) in [4.78, 5) is 2.34. The zero-order valence-corrected chi connectivity index (χ0v) is 11.7. The van der Waals surface area contributed by atoms with Crippen LogP contribution in [0.1, 0.15) is 18.4 Å². The Morgan fingerprint density at radius 3 is 2.63 bits per heavy atom. The van der Waals surface area contributed by atoms with Gasteiger partial charge in [-0.2, -0.15) is 0 Å². The van der Waals surface area contributed by atoms with Crippen molar-refractivity contribution < 1.29 is 5.11 Å². The summed E-state index contributed by atoms with van der Waals surface area (Å²) in [5.41, 5.74) is 2.55. The van der Waals surface area contributed by atoms with Gasteiger partial charge in [0.2, 0.25) is 0 Å². The van der Waals surface area contributed by atoms with Crippen molar-refractivity contribution in [2.75, 3.05) is 32.5 Å². The Balaban J connectivity index is 1.98. The van der Waals surface area contributed by atoms with Crippen LogP contribution in [-0.2, 0) is 0 Å². The molecule has 2 rings (SSSR count). The lowest BCUT2D eigenvalue weighted by molar-refractivity contribution is 0.245. The molecule has 1 heterocycles. The van der Waals surface area contributed by atoms with Gasteiger partial charge in [0.25, 0.3) is 0 Å². The van der Waals surface area contributed by atoms with Crippen LogP contribution in [0.25, 0.3) is 5.70 Å². The SMILES string of the molecule is C=C(NC1CCN(C)CC1)c1ccc(NC)c(O)c1. The largest absolute Gasteiger partial charge is 0.506 e. The average Bonchev–Trinajstić information content (AvgIpc) is 2.41. The van der Waals surface area contributed by atoms with Crippen LogP contribution in [0.5, 0.6) is 5.75 Å². The third-order valence-electron chi connectivity index (χ3n) is 3.71. The Hall–Kier alpha value is -1.68. The lowest BCUT2D eigenvalue weighted by Gasteiger charge is -2.30. The maximum atomic E-state index is 9.84. The summed E-state index contributed by atoms with van der Waals surface area (Å²) in [6.07, 6.45) is 2.27. The molecule has 0 saturated carbocycles. The van der Waals surface area contributed by atoms with Crippen LogP contribution in [-0.4, -0.2) is 43.2 Å². The van der Waals surface area contributed by atoms with E-state index >= 15 is 0 Å². The molecule has 1 fully saturated rings. The topological polar surface area (TPSA) is 47.5 Å². The van der Waals surface area contributed by atoms with Gasteiger partial charge < -0.3 is 20.6 Å². The Morgan fingerprint density at radius 2 is 2.05 bits per heavy atom. The maximum absolute atomic E-state index is 9.84. The van der Waals surface area contributed by atoms with E-state index in [-0.39, 0.29) is 5.75 Å². The summed E-state index contributed by atoms with van der Waals surface area (Å²) in [5, 5.41) is 16.3. The molecule has 19 heavy (non-hydrogen) atoms. The van der Waals surface area contributed by atoms with Crippen LogP contribution < -0.4 is 10.6 Å². The molecule has 0 spiro atoms. The first-order valence-electron chi connectivity index (χ1n) is 6.75. The second-order valence-corrected chi connectivity index (χ2v) is 5.18. The zero-order valence-electron chi connectivity index (χ0n) is 11.7. The molecule has 0 radical (unpaired) electrons. The number of rotatable bonds is 4. The number of hydrogen-bond donors (Lipinski definition) is 3. The van der Waals surface area contributed by atoms with E-state index in [1.54, 1.807) is 13.1 Å². The summed E-state index contributed by atoms with van der Waals surface area (Å²) in [6, 6.07) is 6.06. The number of nitrogens with one attached hydrogen (secondary N) is 2. The second-order valence-electron chi connectivity index (χ2n) is 5.18. The van der Waals surface area contributed by atoms with Crippen LogP contribution in [0, 0.1) is 0 Å². The highest BCUT2D eigenvalue weighted by molar-refractivity contribution is 5.68. The van der Waals surface area contributed by atoms with Crippen LogP contribution in [0.4, 0.5) is 5.69 Å². The fourth-order valence-electron chi connectivity index (χ4n) is 2.41. The zero-order chi connectivity index (χ0) is 13.8. The number of nitrogens with zero attached hydrogens (tertiary/aromatic N) is 1.